The minimum Gasteiger partial charge on any atom is -0.493 e. The molecule has 0 fully saturated rings. The van der Waals surface area contributed by atoms with E-state index in [9.17, 15) is 5.53 Å². The van der Waals surface area contributed by atoms with Crippen LogP contribution >= 0.6 is 0 Å². The maximum Gasteiger partial charge on any atom is 2.00 e. The summed E-state index contributed by atoms with van der Waals surface area (Å²) in [6.07, 6.45) is 56.3. The molecular formula is C74H110N2Pd. The average molecular weight is 1130 g/mol. The van der Waals surface area contributed by atoms with Gasteiger partial charge < -0.3 is 5.53 Å². The van der Waals surface area contributed by atoms with Gasteiger partial charge in [0.2, 0.25) is 11.4 Å². The second-order valence-electron chi connectivity index (χ2n) is 21.9. The first-order chi connectivity index (χ1) is 37.4. The van der Waals surface area contributed by atoms with Crippen molar-refractivity contribution in [2.24, 2.45) is 0 Å². The summed E-state index contributed by atoms with van der Waals surface area (Å²) < 4.78 is 1.62. The van der Waals surface area contributed by atoms with Gasteiger partial charge in [0.1, 0.15) is 0 Å². The number of hydrogen-bond acceptors (Lipinski definition) is 0. The Kier molecular flexibility index (Phi) is 41.8. The van der Waals surface area contributed by atoms with Crippen LogP contribution in [0.1, 0.15) is 278 Å². The quantitative estimate of drug-likeness (QED) is 0.0140. The number of unbranched alkanes of at least 4 members (excludes halogenated alkanes) is 23. The number of benzene rings is 4. The van der Waals surface area contributed by atoms with E-state index in [1.165, 1.54) is 193 Å². The van der Waals surface area contributed by atoms with Crippen molar-refractivity contribution in [3.8, 4) is 0 Å². The molecule has 426 valence electrons. The van der Waals surface area contributed by atoms with Crippen LogP contribution in [0.5, 0.6) is 0 Å². The van der Waals surface area contributed by atoms with E-state index in [1.54, 1.807) is 4.70 Å². The zero-order valence-corrected chi connectivity index (χ0v) is 51.6. The molecule has 1 heterocycles. The number of allylic oxidation sites excluding steroid dienone is 6. The molecule has 5 rings (SSSR count). The fourth-order valence-electron chi connectivity index (χ4n) is 10.4. The first-order valence-corrected chi connectivity index (χ1v) is 31.6. The third-order valence-electron chi connectivity index (χ3n) is 15.0. The van der Waals surface area contributed by atoms with E-state index in [4.69, 9.17) is 0 Å². The van der Waals surface area contributed by atoms with Crippen molar-refractivity contribution in [3.05, 3.63) is 197 Å². The standard InChI is InChI=1S/C60H96N2.2C7H7.Pd/c1-6-11-16-20-22-24-26-28-30-32-34-36-40-52-45-47-54(43-38-18-13-8-3)57(49-52)59-51-56(42-15-10-5)60(62(59)61)58-50-53(46-48-55(58)44-39-19-14-9-4)41-37-35-33-31-29-27-25-23-21-17-12-7-2;2*1-7-5-3-2-4-6-7;/h13-14,18-19,45-51H,6-12,15-17,20-44H2,1-5H3;2*2-6H,1H2;/q;2*-1;+2. The molecule has 0 spiro atoms. The van der Waals surface area contributed by atoms with Gasteiger partial charge in [0, 0.05) is 22.8 Å². The van der Waals surface area contributed by atoms with Crippen molar-refractivity contribution in [1.29, 1.82) is 0 Å². The Hall–Kier alpha value is -4.16. The molecule has 0 unspecified atom stereocenters. The Morgan fingerprint density at radius 1 is 0.390 bits per heavy atom. The van der Waals surface area contributed by atoms with Crippen molar-refractivity contribution >= 4 is 11.4 Å². The molecule has 0 aliphatic carbocycles. The summed E-state index contributed by atoms with van der Waals surface area (Å²) in [5.74, 6) is 0. The summed E-state index contributed by atoms with van der Waals surface area (Å²) in [5, 5.41) is 0. The summed E-state index contributed by atoms with van der Waals surface area (Å²) in [4.78, 5) is 0. The summed E-state index contributed by atoms with van der Waals surface area (Å²) in [6, 6.07) is 34.2. The molecule has 0 atom stereocenters. The van der Waals surface area contributed by atoms with Crippen LogP contribution < -0.4 is 0 Å². The molecule has 0 N–H and O–H groups in total. The Labute approximate surface area is 489 Å². The minimum absolute atomic E-state index is 0. The predicted molar refractivity (Wildman–Crippen MR) is 338 cm³/mol. The topological polar surface area (TPSA) is 25.3 Å². The number of nitrogens with zero attached hydrogens (tertiary/aromatic N) is 2. The van der Waals surface area contributed by atoms with Crippen LogP contribution in [-0.2, 0) is 46.1 Å². The first kappa shape index (κ1) is 68.9. The summed E-state index contributed by atoms with van der Waals surface area (Å²) in [5.41, 5.74) is 26.0. The van der Waals surface area contributed by atoms with Crippen LogP contribution in [0.25, 0.3) is 16.9 Å². The largest absolute Gasteiger partial charge is 2.00 e. The second kappa shape index (κ2) is 46.7. The molecule has 0 radical (unpaired) electrons. The van der Waals surface area contributed by atoms with Crippen molar-refractivity contribution in [2.75, 3.05) is 0 Å². The Morgan fingerprint density at radius 3 is 1.12 bits per heavy atom. The van der Waals surface area contributed by atoms with Crippen molar-refractivity contribution in [3.63, 3.8) is 0 Å². The molecule has 0 aromatic heterocycles. The van der Waals surface area contributed by atoms with Crippen LogP contribution in [0.3, 0.4) is 0 Å². The molecule has 4 aromatic rings. The monoisotopic (exact) mass is 1130 g/mol. The Bertz CT molecular complexity index is 2160. The van der Waals surface area contributed by atoms with E-state index in [0.717, 1.165) is 93.2 Å². The van der Waals surface area contributed by atoms with Gasteiger partial charge >= 0.3 is 20.4 Å². The van der Waals surface area contributed by atoms with Crippen LogP contribution in [0.4, 0.5) is 0 Å². The van der Waals surface area contributed by atoms with E-state index < -0.39 is 0 Å². The van der Waals surface area contributed by atoms with Crippen molar-refractivity contribution < 1.29 is 25.1 Å². The van der Waals surface area contributed by atoms with Gasteiger partial charge in [0.25, 0.3) is 0 Å². The Morgan fingerprint density at radius 2 is 0.753 bits per heavy atom. The molecule has 0 saturated carbocycles. The van der Waals surface area contributed by atoms with Gasteiger partial charge in [-0.2, -0.15) is 49.2 Å². The molecule has 1 aliphatic heterocycles. The SMILES string of the molecule is CCC=CCCc1ccc(CCCCCCCCCCCCCC)cc1C1=CC(CCCC)=C(c2cc(CCCCCCCCCCCCCC)ccc2CCC=CCC)[N+]1=[N-].[CH2-]c1ccccc1.[CH2-]c1ccccc1.[Pd+2]. The molecular weight excluding hydrogens is 1020 g/mol. The number of hydrogen-bond donors (Lipinski definition) is 0. The maximum absolute atomic E-state index is 12.5. The predicted octanol–water partition coefficient (Wildman–Crippen LogP) is 23.7. The van der Waals surface area contributed by atoms with Crippen molar-refractivity contribution in [1.82, 2.24) is 0 Å². The molecule has 1 aliphatic rings. The van der Waals surface area contributed by atoms with E-state index in [-0.39, 0.29) is 20.4 Å². The smallest absolute Gasteiger partial charge is 0.493 e. The molecule has 4 aromatic carbocycles. The summed E-state index contributed by atoms with van der Waals surface area (Å²) >= 11 is 0. The molecule has 0 saturated heterocycles. The number of rotatable bonds is 39. The van der Waals surface area contributed by atoms with E-state index in [0.29, 0.717) is 0 Å². The van der Waals surface area contributed by atoms with Gasteiger partial charge in [-0.25, -0.2) is 4.70 Å². The normalized spacial score (nSPS) is 12.2. The molecule has 77 heavy (non-hydrogen) atoms. The molecule has 3 heteroatoms. The Balaban J connectivity index is 0.00000116. The molecule has 2 nitrogen and oxygen atoms in total. The van der Waals surface area contributed by atoms with E-state index in [1.807, 2.05) is 60.7 Å². The first-order valence-electron chi connectivity index (χ1n) is 31.6. The fourth-order valence-corrected chi connectivity index (χ4v) is 10.4. The third-order valence-corrected chi connectivity index (χ3v) is 15.0. The van der Waals surface area contributed by atoms with Gasteiger partial charge in [-0.05, 0) is 111 Å². The van der Waals surface area contributed by atoms with Crippen LogP contribution in [0.15, 0.2) is 133 Å². The average Bonchev–Trinajstić information content (AvgIpc) is 3.78. The maximum atomic E-state index is 12.5. The zero-order chi connectivity index (χ0) is 54.5. The van der Waals surface area contributed by atoms with Crippen LogP contribution in [-0.4, -0.2) is 4.70 Å². The second-order valence-corrected chi connectivity index (χ2v) is 21.9. The summed E-state index contributed by atoms with van der Waals surface area (Å²) in [6.45, 7) is 18.8. The molecule has 0 amide bonds. The number of aryl methyl sites for hydroxylation is 4. The van der Waals surface area contributed by atoms with Crippen LogP contribution in [0, 0.1) is 13.8 Å². The van der Waals surface area contributed by atoms with Gasteiger partial charge in [0.05, 0.1) is 0 Å². The fraction of sp³-hybridized carbons (Fsp3) is 0.541. The van der Waals surface area contributed by atoms with Gasteiger partial charge in [-0.15, -0.1) is 24.3 Å². The summed E-state index contributed by atoms with van der Waals surface area (Å²) in [7, 11) is 0. The zero-order valence-electron chi connectivity index (χ0n) is 50.0. The minimum atomic E-state index is 0. The molecule has 0 bridgehead atoms. The van der Waals surface area contributed by atoms with E-state index >= 15 is 0 Å². The van der Waals surface area contributed by atoms with Crippen molar-refractivity contribution in [2.45, 2.75) is 259 Å². The van der Waals surface area contributed by atoms with Gasteiger partial charge in [-0.1, -0.05) is 243 Å². The van der Waals surface area contributed by atoms with Gasteiger partial charge in [-0.3, -0.25) is 0 Å². The van der Waals surface area contributed by atoms with Crippen LogP contribution in [0.2, 0.25) is 0 Å². The third kappa shape index (κ3) is 31.3. The van der Waals surface area contributed by atoms with Gasteiger partial charge in [0.15, 0.2) is 0 Å². The van der Waals surface area contributed by atoms with E-state index in [2.05, 4.69) is 115 Å².